The second-order valence-electron chi connectivity index (χ2n) is 7.91. The van der Waals surface area contributed by atoms with Gasteiger partial charge in [0.05, 0.1) is 12.7 Å². The molecule has 0 fully saturated rings. The fourth-order valence-electron chi connectivity index (χ4n) is 3.43. The number of nitrogens with one attached hydrogen (secondary N) is 1. The molecule has 0 bridgehead atoms. The van der Waals surface area contributed by atoms with Gasteiger partial charge in [0.1, 0.15) is 0 Å². The van der Waals surface area contributed by atoms with Gasteiger partial charge in [-0.1, -0.05) is 39.0 Å². The average Bonchev–Trinajstić information content (AvgIpc) is 2.96. The normalized spacial score (nSPS) is 13.6. The van der Waals surface area contributed by atoms with Crippen molar-refractivity contribution in [1.29, 1.82) is 0 Å². The molecule has 1 amide bonds. The molecule has 3 rings (SSSR count). The van der Waals surface area contributed by atoms with Gasteiger partial charge in [0, 0.05) is 21.2 Å². The van der Waals surface area contributed by atoms with Crippen LogP contribution in [0.25, 0.3) is 11.1 Å². The number of carbonyl (C=O) groups excluding carboxylic acids is 1. The van der Waals surface area contributed by atoms with E-state index in [1.54, 1.807) is 7.11 Å². The van der Waals surface area contributed by atoms with E-state index in [-0.39, 0.29) is 11.3 Å². The van der Waals surface area contributed by atoms with Gasteiger partial charge < -0.3 is 14.5 Å². The van der Waals surface area contributed by atoms with Crippen LogP contribution in [0, 0.1) is 3.57 Å². The topological polar surface area (TPSA) is 47.6 Å². The molecule has 1 heterocycles. The van der Waals surface area contributed by atoms with Crippen molar-refractivity contribution < 1.29 is 14.0 Å². The number of ether oxygens (including phenoxy) is 1. The predicted octanol–water partition coefficient (Wildman–Crippen LogP) is 5.14. The summed E-state index contributed by atoms with van der Waals surface area (Å²) in [4.78, 5) is 12.3. The Labute approximate surface area is 176 Å². The number of fused-ring (bicyclic) bond motifs is 1. The van der Waals surface area contributed by atoms with Crippen LogP contribution in [-0.2, 0) is 12.0 Å². The Bertz CT molecular complexity index is 903. The third-order valence-electron chi connectivity index (χ3n) is 4.64. The predicted molar refractivity (Wildman–Crippen MR) is 119 cm³/mol. The molecule has 1 aliphatic rings. The first-order chi connectivity index (χ1) is 12.6. The number of hydrogen-bond acceptors (Lipinski definition) is 3. The number of hydrogen-bond donors (Lipinski definition) is 1. The van der Waals surface area contributed by atoms with E-state index >= 15 is 0 Å². The van der Waals surface area contributed by atoms with Gasteiger partial charge in [-0.2, -0.15) is 0 Å². The van der Waals surface area contributed by atoms with E-state index in [1.807, 2.05) is 6.07 Å². The first-order valence-corrected chi connectivity index (χ1v) is 12.4. The second kappa shape index (κ2) is 7.47. The van der Waals surface area contributed by atoms with Gasteiger partial charge in [0.25, 0.3) is 14.9 Å². The third kappa shape index (κ3) is 3.74. The Morgan fingerprint density at radius 1 is 1.07 bits per heavy atom. The maximum atomic E-state index is 12.3. The largest absolute Gasteiger partial charge is 0.540 e. The number of carbonyl (C=O) groups is 1. The molecule has 27 heavy (non-hydrogen) atoms. The van der Waals surface area contributed by atoms with Crippen LogP contribution in [0.5, 0.6) is 11.5 Å². The maximum Gasteiger partial charge on any atom is 0.274 e. The fraction of sp³-hybridized carbons (Fsp3) is 0.381. The highest BCUT2D eigenvalue weighted by molar-refractivity contribution is 14.1. The van der Waals surface area contributed by atoms with Gasteiger partial charge in [-0.05, 0) is 58.3 Å². The van der Waals surface area contributed by atoms with E-state index in [0.717, 1.165) is 42.9 Å². The highest BCUT2D eigenvalue weighted by Crippen LogP contribution is 2.46. The quantitative estimate of drug-likeness (QED) is 0.473. The zero-order chi connectivity index (χ0) is 19.9. The van der Waals surface area contributed by atoms with Gasteiger partial charge in [-0.25, -0.2) is 0 Å². The zero-order valence-electron chi connectivity index (χ0n) is 16.6. The molecule has 143 valence electrons. The Kier molecular flexibility index (Phi) is 5.58. The van der Waals surface area contributed by atoms with Crippen LogP contribution in [0.3, 0.4) is 0 Å². The van der Waals surface area contributed by atoms with Crippen molar-refractivity contribution in [3.63, 3.8) is 0 Å². The molecule has 2 aromatic carbocycles. The number of methoxy groups -OCH3 is 1. The maximum absolute atomic E-state index is 12.3. The fourth-order valence-corrected chi connectivity index (χ4v) is 4.79. The van der Waals surface area contributed by atoms with Crippen LogP contribution in [0.4, 0.5) is 0 Å². The summed E-state index contributed by atoms with van der Waals surface area (Å²) < 4.78 is 13.2. The van der Waals surface area contributed by atoms with Crippen LogP contribution in [-0.4, -0.2) is 22.1 Å². The van der Waals surface area contributed by atoms with Crippen molar-refractivity contribution in [2.45, 2.75) is 45.8 Å². The molecular formula is C21H25INO3Si. The minimum atomic E-state index is -1.01. The summed E-state index contributed by atoms with van der Waals surface area (Å²) in [6.45, 7) is 11.3. The standard InChI is InChI=1S/C21H25INO3Si/c1-21(2,3)15-9-7-13(18(19(15)25-4)26-27(5)6)12-8-10-16(22)17-14(12)11-23-20(17)24/h7-10H,11H2,1-6H3,(H,23,24). The van der Waals surface area contributed by atoms with E-state index in [2.05, 4.69) is 80.0 Å². The summed E-state index contributed by atoms with van der Waals surface area (Å²) in [5, 5.41) is 2.95. The summed E-state index contributed by atoms with van der Waals surface area (Å²) in [6, 6.07) is 8.30. The van der Waals surface area contributed by atoms with Crippen LogP contribution in [0.15, 0.2) is 24.3 Å². The minimum Gasteiger partial charge on any atom is -0.540 e. The second-order valence-corrected chi connectivity index (χ2v) is 11.1. The van der Waals surface area contributed by atoms with Crippen molar-refractivity contribution in [2.24, 2.45) is 0 Å². The van der Waals surface area contributed by atoms with Crippen molar-refractivity contribution in [2.75, 3.05) is 7.11 Å². The van der Waals surface area contributed by atoms with Crippen molar-refractivity contribution >= 4 is 37.5 Å². The van der Waals surface area contributed by atoms with Gasteiger partial charge in [0.2, 0.25) is 0 Å². The van der Waals surface area contributed by atoms with Crippen molar-refractivity contribution in [1.82, 2.24) is 5.32 Å². The lowest BCUT2D eigenvalue weighted by Crippen LogP contribution is -2.17. The van der Waals surface area contributed by atoms with Crippen molar-refractivity contribution in [3.05, 3.63) is 44.5 Å². The Balaban J connectivity index is 2.30. The number of benzene rings is 2. The third-order valence-corrected chi connectivity index (χ3v) is 6.15. The SMILES string of the molecule is COc1c(C(C)(C)C)ccc(-c2ccc(I)c3c2CNC3=O)c1O[Si](C)C. The highest BCUT2D eigenvalue weighted by atomic mass is 127. The highest BCUT2D eigenvalue weighted by Gasteiger charge is 2.29. The van der Waals surface area contributed by atoms with Gasteiger partial charge >= 0.3 is 0 Å². The lowest BCUT2D eigenvalue weighted by molar-refractivity contribution is 0.0965. The van der Waals surface area contributed by atoms with Crippen LogP contribution in [0.2, 0.25) is 13.1 Å². The minimum absolute atomic E-state index is 0.00673. The van der Waals surface area contributed by atoms with E-state index < -0.39 is 9.04 Å². The molecule has 0 aromatic heterocycles. The summed E-state index contributed by atoms with van der Waals surface area (Å²) >= 11 is 2.22. The van der Waals surface area contributed by atoms with Gasteiger partial charge in [0.15, 0.2) is 11.5 Å². The van der Waals surface area contributed by atoms with E-state index in [4.69, 9.17) is 9.16 Å². The smallest absolute Gasteiger partial charge is 0.274 e. The number of amides is 1. The molecule has 6 heteroatoms. The lowest BCUT2D eigenvalue weighted by Gasteiger charge is -2.27. The average molecular weight is 494 g/mol. The Morgan fingerprint density at radius 3 is 2.33 bits per heavy atom. The molecule has 0 atom stereocenters. The first kappa shape index (κ1) is 20.2. The van der Waals surface area contributed by atoms with E-state index in [9.17, 15) is 4.79 Å². The molecular weight excluding hydrogens is 469 g/mol. The number of halogens is 1. The van der Waals surface area contributed by atoms with Crippen molar-refractivity contribution in [3.8, 4) is 22.6 Å². The number of rotatable bonds is 4. The molecule has 0 saturated heterocycles. The Hall–Kier alpha value is -1.54. The molecule has 0 unspecified atom stereocenters. The summed E-state index contributed by atoms with van der Waals surface area (Å²) in [5.41, 5.74) is 4.86. The van der Waals surface area contributed by atoms with Gasteiger partial charge in [-0.3, -0.25) is 4.79 Å². The Morgan fingerprint density at radius 2 is 1.74 bits per heavy atom. The monoisotopic (exact) mass is 494 g/mol. The molecule has 1 N–H and O–H groups in total. The van der Waals surface area contributed by atoms with Crippen LogP contribution in [0.1, 0.15) is 42.3 Å². The summed E-state index contributed by atoms with van der Waals surface area (Å²) in [7, 11) is 0.691. The van der Waals surface area contributed by atoms with E-state index in [1.165, 1.54) is 0 Å². The molecule has 1 aliphatic heterocycles. The summed E-state index contributed by atoms with van der Waals surface area (Å²) in [6.07, 6.45) is 0. The lowest BCUT2D eigenvalue weighted by atomic mass is 9.84. The molecule has 4 nitrogen and oxygen atoms in total. The first-order valence-electron chi connectivity index (χ1n) is 8.94. The molecule has 2 aromatic rings. The molecule has 1 radical (unpaired) electrons. The molecule has 0 aliphatic carbocycles. The summed E-state index contributed by atoms with van der Waals surface area (Å²) in [5.74, 6) is 1.56. The van der Waals surface area contributed by atoms with E-state index in [0.29, 0.717) is 6.54 Å². The molecule has 0 spiro atoms. The zero-order valence-corrected chi connectivity index (χ0v) is 19.8. The van der Waals surface area contributed by atoms with Crippen LogP contribution >= 0.6 is 22.6 Å². The van der Waals surface area contributed by atoms with Crippen LogP contribution < -0.4 is 14.5 Å². The molecule has 0 saturated carbocycles. The van der Waals surface area contributed by atoms with Gasteiger partial charge in [-0.15, -0.1) is 0 Å².